The van der Waals surface area contributed by atoms with Crippen LogP contribution in [0.3, 0.4) is 0 Å². The van der Waals surface area contributed by atoms with E-state index in [1.165, 1.54) is 4.90 Å². The standard InChI is InChI=1S/C11H15BrN2S/c1-8(2)11(14-13)7-15-10-5-3-4-9(12)6-10/h3-6,11,14H,1,7,13H2,2H3. The first-order valence-electron chi connectivity index (χ1n) is 4.63. The van der Waals surface area contributed by atoms with Crippen molar-refractivity contribution in [3.63, 3.8) is 0 Å². The summed E-state index contributed by atoms with van der Waals surface area (Å²) < 4.78 is 1.10. The van der Waals surface area contributed by atoms with Gasteiger partial charge in [-0.25, -0.2) is 0 Å². The highest BCUT2D eigenvalue weighted by molar-refractivity contribution is 9.10. The number of hydrogen-bond acceptors (Lipinski definition) is 3. The molecule has 3 N–H and O–H groups in total. The minimum atomic E-state index is 0.161. The van der Waals surface area contributed by atoms with E-state index in [9.17, 15) is 0 Å². The van der Waals surface area contributed by atoms with Crippen molar-refractivity contribution in [2.75, 3.05) is 5.75 Å². The van der Waals surface area contributed by atoms with Crippen LogP contribution in [0.1, 0.15) is 6.92 Å². The van der Waals surface area contributed by atoms with Gasteiger partial charge in [0.05, 0.1) is 6.04 Å². The quantitative estimate of drug-likeness (QED) is 0.378. The Kier molecular flexibility index (Phi) is 5.39. The Morgan fingerprint density at radius 3 is 2.93 bits per heavy atom. The summed E-state index contributed by atoms with van der Waals surface area (Å²) in [5.41, 5.74) is 3.81. The van der Waals surface area contributed by atoms with Gasteiger partial charge in [0.25, 0.3) is 0 Å². The van der Waals surface area contributed by atoms with Crippen LogP contribution in [0.2, 0.25) is 0 Å². The fourth-order valence-corrected chi connectivity index (χ4v) is 2.74. The van der Waals surface area contributed by atoms with E-state index in [1.807, 2.05) is 19.1 Å². The molecule has 4 heteroatoms. The van der Waals surface area contributed by atoms with Crippen LogP contribution in [-0.4, -0.2) is 11.8 Å². The van der Waals surface area contributed by atoms with Gasteiger partial charge in [0.15, 0.2) is 0 Å². The van der Waals surface area contributed by atoms with Gasteiger partial charge in [-0.3, -0.25) is 11.3 Å². The fraction of sp³-hybridized carbons (Fsp3) is 0.273. The second kappa shape index (κ2) is 6.33. The van der Waals surface area contributed by atoms with Crippen LogP contribution in [0, 0.1) is 0 Å². The van der Waals surface area contributed by atoms with E-state index in [0.717, 1.165) is 15.8 Å². The van der Waals surface area contributed by atoms with E-state index in [-0.39, 0.29) is 6.04 Å². The maximum Gasteiger partial charge on any atom is 0.0508 e. The first-order chi connectivity index (χ1) is 7.13. The van der Waals surface area contributed by atoms with Crippen LogP contribution >= 0.6 is 27.7 Å². The Labute approximate surface area is 103 Å². The molecule has 1 atom stereocenters. The summed E-state index contributed by atoms with van der Waals surface area (Å²) in [6.45, 7) is 5.87. The van der Waals surface area contributed by atoms with Crippen molar-refractivity contribution in [1.82, 2.24) is 5.43 Å². The largest absolute Gasteiger partial charge is 0.271 e. The van der Waals surface area contributed by atoms with Gasteiger partial charge in [-0.1, -0.05) is 34.1 Å². The van der Waals surface area contributed by atoms with Crippen molar-refractivity contribution < 1.29 is 0 Å². The second-order valence-corrected chi connectivity index (χ2v) is 5.34. The Hall–Kier alpha value is -0.290. The van der Waals surface area contributed by atoms with Crippen LogP contribution in [0.15, 0.2) is 45.8 Å². The number of rotatable bonds is 5. The number of hydrogen-bond donors (Lipinski definition) is 2. The molecule has 15 heavy (non-hydrogen) atoms. The molecule has 0 saturated carbocycles. The predicted octanol–water partition coefficient (Wildman–Crippen LogP) is 2.95. The summed E-state index contributed by atoms with van der Waals surface area (Å²) in [6.07, 6.45) is 0. The number of nitrogens with one attached hydrogen (secondary N) is 1. The second-order valence-electron chi connectivity index (χ2n) is 3.33. The van der Waals surface area contributed by atoms with E-state index in [2.05, 4.69) is 40.1 Å². The van der Waals surface area contributed by atoms with Crippen LogP contribution in [-0.2, 0) is 0 Å². The zero-order valence-corrected chi connectivity index (χ0v) is 11.1. The molecule has 1 aromatic rings. The Morgan fingerprint density at radius 2 is 2.40 bits per heavy atom. The first kappa shape index (κ1) is 12.8. The average Bonchev–Trinajstić information content (AvgIpc) is 2.18. The summed E-state index contributed by atoms with van der Waals surface area (Å²) in [5.74, 6) is 6.33. The molecule has 82 valence electrons. The van der Waals surface area contributed by atoms with Gasteiger partial charge in [0.1, 0.15) is 0 Å². The Morgan fingerprint density at radius 1 is 1.67 bits per heavy atom. The van der Waals surface area contributed by atoms with Crippen LogP contribution in [0.4, 0.5) is 0 Å². The van der Waals surface area contributed by atoms with Crippen LogP contribution < -0.4 is 11.3 Å². The molecule has 0 heterocycles. The third kappa shape index (κ3) is 4.38. The lowest BCUT2D eigenvalue weighted by atomic mass is 10.2. The zero-order chi connectivity index (χ0) is 11.3. The topological polar surface area (TPSA) is 38.0 Å². The van der Waals surface area contributed by atoms with Gasteiger partial charge in [-0.2, -0.15) is 0 Å². The maximum absolute atomic E-state index is 5.43. The van der Waals surface area contributed by atoms with Crippen molar-refractivity contribution in [1.29, 1.82) is 0 Å². The molecule has 1 aromatic carbocycles. The van der Waals surface area contributed by atoms with E-state index < -0.39 is 0 Å². The molecule has 0 amide bonds. The molecule has 0 aliphatic heterocycles. The van der Waals surface area contributed by atoms with Crippen LogP contribution in [0.25, 0.3) is 0 Å². The van der Waals surface area contributed by atoms with Crippen LogP contribution in [0.5, 0.6) is 0 Å². The summed E-state index contributed by atoms with van der Waals surface area (Å²) in [6, 6.07) is 8.38. The monoisotopic (exact) mass is 286 g/mol. The minimum absolute atomic E-state index is 0.161. The summed E-state index contributed by atoms with van der Waals surface area (Å²) in [5, 5.41) is 0. The van der Waals surface area contributed by atoms with E-state index in [4.69, 9.17) is 5.84 Å². The Balaban J connectivity index is 2.52. The highest BCUT2D eigenvalue weighted by atomic mass is 79.9. The molecule has 0 aliphatic carbocycles. The highest BCUT2D eigenvalue weighted by Gasteiger charge is 2.07. The van der Waals surface area contributed by atoms with Gasteiger partial charge in [-0.05, 0) is 25.1 Å². The lowest BCUT2D eigenvalue weighted by Crippen LogP contribution is -2.37. The molecule has 0 fully saturated rings. The van der Waals surface area contributed by atoms with Crippen molar-refractivity contribution in [2.45, 2.75) is 17.9 Å². The summed E-state index contributed by atoms with van der Waals surface area (Å²) in [7, 11) is 0. The number of benzene rings is 1. The highest BCUT2D eigenvalue weighted by Crippen LogP contribution is 2.23. The van der Waals surface area contributed by atoms with Gasteiger partial charge in [0, 0.05) is 15.1 Å². The molecular formula is C11H15BrN2S. The maximum atomic E-state index is 5.43. The first-order valence-corrected chi connectivity index (χ1v) is 6.41. The molecule has 1 rings (SSSR count). The molecule has 0 radical (unpaired) electrons. The number of nitrogens with two attached hydrogens (primary N) is 1. The lowest BCUT2D eigenvalue weighted by Gasteiger charge is -2.15. The SMILES string of the molecule is C=C(C)C(CSc1cccc(Br)c1)NN. The minimum Gasteiger partial charge on any atom is -0.271 e. The van der Waals surface area contributed by atoms with Crippen molar-refractivity contribution in [3.05, 3.63) is 40.9 Å². The summed E-state index contributed by atoms with van der Waals surface area (Å²) in [4.78, 5) is 1.23. The third-order valence-corrected chi connectivity index (χ3v) is 3.59. The smallest absolute Gasteiger partial charge is 0.0508 e. The number of thioether (sulfide) groups is 1. The average molecular weight is 287 g/mol. The lowest BCUT2D eigenvalue weighted by molar-refractivity contribution is 0.649. The number of halogens is 1. The zero-order valence-electron chi connectivity index (χ0n) is 8.66. The van der Waals surface area contributed by atoms with Gasteiger partial charge in [-0.15, -0.1) is 11.8 Å². The van der Waals surface area contributed by atoms with Crippen molar-refractivity contribution >= 4 is 27.7 Å². The van der Waals surface area contributed by atoms with Gasteiger partial charge < -0.3 is 0 Å². The summed E-state index contributed by atoms with van der Waals surface area (Å²) >= 11 is 5.21. The normalized spacial score (nSPS) is 12.5. The molecule has 2 nitrogen and oxygen atoms in total. The molecule has 1 unspecified atom stereocenters. The van der Waals surface area contributed by atoms with Gasteiger partial charge in [0.2, 0.25) is 0 Å². The Bertz CT molecular complexity index is 341. The third-order valence-electron chi connectivity index (χ3n) is 2.01. The van der Waals surface area contributed by atoms with E-state index >= 15 is 0 Å². The fourth-order valence-electron chi connectivity index (χ4n) is 1.07. The molecule has 0 bridgehead atoms. The predicted molar refractivity (Wildman–Crippen MR) is 70.8 cm³/mol. The molecular weight excluding hydrogens is 272 g/mol. The van der Waals surface area contributed by atoms with E-state index in [1.54, 1.807) is 11.8 Å². The van der Waals surface area contributed by atoms with Crippen molar-refractivity contribution in [2.24, 2.45) is 5.84 Å². The van der Waals surface area contributed by atoms with Gasteiger partial charge >= 0.3 is 0 Å². The molecule has 0 spiro atoms. The molecule has 0 aromatic heterocycles. The molecule has 0 aliphatic rings. The van der Waals surface area contributed by atoms with E-state index in [0.29, 0.717) is 0 Å². The molecule has 0 saturated heterocycles. The number of hydrazine groups is 1. The van der Waals surface area contributed by atoms with Crippen molar-refractivity contribution in [3.8, 4) is 0 Å².